The van der Waals surface area contributed by atoms with Crippen LogP contribution in [0.25, 0.3) is 0 Å². The van der Waals surface area contributed by atoms with E-state index in [2.05, 4.69) is 34.9 Å². The monoisotopic (exact) mass is 323 g/mol. The van der Waals surface area contributed by atoms with Crippen molar-refractivity contribution in [2.75, 3.05) is 11.4 Å². The Labute approximate surface area is 121 Å². The standard InChI is InChI=1S/C14H18BrN3O/c1-3-9(4-2)8-18-12-6-5-10(15)7-11(12)13(17-16)14(18)19/h5-7,9H,3-4,8,16H2,1-2H3/b17-13-. The lowest BCUT2D eigenvalue weighted by Crippen LogP contribution is -2.34. The molecule has 0 radical (unpaired) electrons. The molecule has 1 heterocycles. The highest BCUT2D eigenvalue weighted by molar-refractivity contribution is 9.10. The van der Waals surface area contributed by atoms with Gasteiger partial charge in [-0.2, -0.15) is 5.10 Å². The predicted octanol–water partition coefficient (Wildman–Crippen LogP) is 2.89. The number of anilines is 1. The molecule has 4 nitrogen and oxygen atoms in total. The zero-order valence-electron chi connectivity index (χ0n) is 11.2. The number of hydrazone groups is 1. The average Bonchev–Trinajstić information content (AvgIpc) is 2.67. The second-order valence-electron chi connectivity index (χ2n) is 4.74. The summed E-state index contributed by atoms with van der Waals surface area (Å²) in [6.45, 7) is 5.02. The van der Waals surface area contributed by atoms with Gasteiger partial charge in [0.25, 0.3) is 5.91 Å². The number of rotatable bonds is 4. The van der Waals surface area contributed by atoms with Crippen molar-refractivity contribution >= 4 is 33.2 Å². The number of nitrogens with two attached hydrogens (primary N) is 1. The molecule has 2 N–H and O–H groups in total. The van der Waals surface area contributed by atoms with Crippen LogP contribution in [0.2, 0.25) is 0 Å². The van der Waals surface area contributed by atoms with Crippen molar-refractivity contribution in [3.8, 4) is 0 Å². The normalized spacial score (nSPS) is 16.5. The quantitative estimate of drug-likeness (QED) is 0.684. The van der Waals surface area contributed by atoms with Gasteiger partial charge >= 0.3 is 0 Å². The largest absolute Gasteiger partial charge is 0.322 e. The Kier molecular flexibility index (Phi) is 4.24. The molecule has 102 valence electrons. The van der Waals surface area contributed by atoms with Crippen LogP contribution < -0.4 is 10.7 Å². The van der Waals surface area contributed by atoms with Crippen LogP contribution in [0.15, 0.2) is 27.8 Å². The molecule has 1 amide bonds. The van der Waals surface area contributed by atoms with Gasteiger partial charge in [0.05, 0.1) is 5.69 Å². The Morgan fingerprint density at radius 3 is 2.63 bits per heavy atom. The maximum absolute atomic E-state index is 12.4. The van der Waals surface area contributed by atoms with Crippen molar-refractivity contribution < 1.29 is 4.79 Å². The number of nitrogens with zero attached hydrogens (tertiary/aromatic N) is 2. The van der Waals surface area contributed by atoms with Crippen LogP contribution in [0.1, 0.15) is 32.3 Å². The fourth-order valence-electron chi connectivity index (χ4n) is 2.40. The first kappa shape index (κ1) is 14.1. The van der Waals surface area contributed by atoms with E-state index in [9.17, 15) is 4.79 Å². The van der Waals surface area contributed by atoms with E-state index >= 15 is 0 Å². The molecular weight excluding hydrogens is 306 g/mol. The third kappa shape index (κ3) is 2.52. The molecule has 0 spiro atoms. The first-order valence-corrected chi connectivity index (χ1v) is 7.31. The van der Waals surface area contributed by atoms with E-state index in [0.717, 1.165) is 35.1 Å². The molecule has 0 aliphatic carbocycles. The Balaban J connectivity index is 2.40. The number of halogens is 1. The number of carbonyl (C=O) groups excluding carboxylic acids is 1. The second kappa shape index (κ2) is 5.74. The molecule has 2 rings (SSSR count). The molecule has 0 saturated carbocycles. The molecule has 19 heavy (non-hydrogen) atoms. The minimum Gasteiger partial charge on any atom is -0.322 e. The van der Waals surface area contributed by atoms with Gasteiger partial charge < -0.3 is 10.7 Å². The topological polar surface area (TPSA) is 58.7 Å². The van der Waals surface area contributed by atoms with Crippen LogP contribution in [0.4, 0.5) is 5.69 Å². The SMILES string of the molecule is CCC(CC)CN1C(=O)/C(=N\N)c2cc(Br)ccc21. The third-order valence-electron chi connectivity index (χ3n) is 3.68. The van der Waals surface area contributed by atoms with Crippen molar-refractivity contribution in [2.45, 2.75) is 26.7 Å². The van der Waals surface area contributed by atoms with E-state index in [0.29, 0.717) is 11.6 Å². The van der Waals surface area contributed by atoms with Crippen molar-refractivity contribution in [2.24, 2.45) is 16.9 Å². The smallest absolute Gasteiger partial charge is 0.279 e. The number of benzene rings is 1. The first-order valence-electron chi connectivity index (χ1n) is 6.52. The maximum atomic E-state index is 12.4. The molecular formula is C14H18BrN3O. The molecule has 1 aliphatic rings. The van der Waals surface area contributed by atoms with E-state index in [4.69, 9.17) is 5.84 Å². The predicted molar refractivity (Wildman–Crippen MR) is 81.3 cm³/mol. The van der Waals surface area contributed by atoms with Gasteiger partial charge in [-0.15, -0.1) is 0 Å². The Bertz CT molecular complexity index is 523. The number of fused-ring (bicyclic) bond motifs is 1. The molecule has 0 fully saturated rings. The summed E-state index contributed by atoms with van der Waals surface area (Å²) in [6, 6.07) is 5.77. The minimum absolute atomic E-state index is 0.0949. The Morgan fingerprint density at radius 1 is 1.37 bits per heavy atom. The third-order valence-corrected chi connectivity index (χ3v) is 4.17. The summed E-state index contributed by atoms with van der Waals surface area (Å²) >= 11 is 3.41. The maximum Gasteiger partial charge on any atom is 0.279 e. The number of hydrogen-bond acceptors (Lipinski definition) is 3. The van der Waals surface area contributed by atoms with Gasteiger partial charge in [-0.05, 0) is 24.1 Å². The van der Waals surface area contributed by atoms with Crippen molar-refractivity contribution in [1.82, 2.24) is 0 Å². The average molecular weight is 324 g/mol. The van der Waals surface area contributed by atoms with Crippen molar-refractivity contribution in [1.29, 1.82) is 0 Å². The lowest BCUT2D eigenvalue weighted by molar-refractivity contribution is -0.112. The van der Waals surface area contributed by atoms with Crippen LogP contribution in [-0.4, -0.2) is 18.2 Å². The van der Waals surface area contributed by atoms with E-state index < -0.39 is 0 Å². The summed E-state index contributed by atoms with van der Waals surface area (Å²) in [7, 11) is 0. The summed E-state index contributed by atoms with van der Waals surface area (Å²) in [6.07, 6.45) is 2.11. The molecule has 5 heteroatoms. The van der Waals surface area contributed by atoms with Crippen LogP contribution in [-0.2, 0) is 4.79 Å². The highest BCUT2D eigenvalue weighted by Gasteiger charge is 2.34. The number of carbonyl (C=O) groups is 1. The molecule has 1 aromatic rings. The van der Waals surface area contributed by atoms with Gasteiger partial charge in [0.15, 0.2) is 5.71 Å². The zero-order chi connectivity index (χ0) is 14.0. The molecule has 1 aromatic carbocycles. The summed E-state index contributed by atoms with van der Waals surface area (Å²) in [5.74, 6) is 5.78. The van der Waals surface area contributed by atoms with Crippen LogP contribution in [0.5, 0.6) is 0 Å². The highest BCUT2D eigenvalue weighted by atomic mass is 79.9. The van der Waals surface area contributed by atoms with Crippen LogP contribution in [0, 0.1) is 5.92 Å². The molecule has 0 atom stereocenters. The van der Waals surface area contributed by atoms with Gasteiger partial charge in [0.2, 0.25) is 0 Å². The summed E-state index contributed by atoms with van der Waals surface area (Å²) in [5.41, 5.74) is 2.07. The number of amides is 1. The van der Waals surface area contributed by atoms with Crippen molar-refractivity contribution in [3.63, 3.8) is 0 Å². The summed E-state index contributed by atoms with van der Waals surface area (Å²) in [5, 5.41) is 3.66. The van der Waals surface area contributed by atoms with Crippen LogP contribution >= 0.6 is 15.9 Å². The van der Waals surface area contributed by atoms with Crippen molar-refractivity contribution in [3.05, 3.63) is 28.2 Å². The summed E-state index contributed by atoms with van der Waals surface area (Å²) in [4.78, 5) is 14.2. The lowest BCUT2D eigenvalue weighted by atomic mass is 10.0. The van der Waals surface area contributed by atoms with Gasteiger partial charge in [0.1, 0.15) is 0 Å². The fourth-order valence-corrected chi connectivity index (χ4v) is 2.76. The van der Waals surface area contributed by atoms with E-state index in [1.54, 1.807) is 4.90 Å². The highest BCUT2D eigenvalue weighted by Crippen LogP contribution is 2.32. The van der Waals surface area contributed by atoms with Gasteiger partial charge in [-0.1, -0.05) is 42.6 Å². The van der Waals surface area contributed by atoms with Gasteiger partial charge in [-0.25, -0.2) is 0 Å². The Hall–Kier alpha value is -1.36. The van der Waals surface area contributed by atoms with Gasteiger partial charge in [-0.3, -0.25) is 4.79 Å². The van der Waals surface area contributed by atoms with Gasteiger partial charge in [0, 0.05) is 16.6 Å². The van der Waals surface area contributed by atoms with E-state index in [-0.39, 0.29) is 5.91 Å². The molecule has 0 saturated heterocycles. The van der Waals surface area contributed by atoms with Crippen LogP contribution in [0.3, 0.4) is 0 Å². The number of hydrogen-bond donors (Lipinski definition) is 1. The lowest BCUT2D eigenvalue weighted by Gasteiger charge is -2.22. The Morgan fingerprint density at radius 2 is 2.05 bits per heavy atom. The molecule has 0 bridgehead atoms. The minimum atomic E-state index is -0.0949. The summed E-state index contributed by atoms with van der Waals surface area (Å²) < 4.78 is 0.921. The zero-order valence-corrected chi connectivity index (χ0v) is 12.8. The molecule has 0 unspecified atom stereocenters. The van der Waals surface area contributed by atoms with E-state index in [1.807, 2.05) is 18.2 Å². The molecule has 0 aromatic heterocycles. The molecule has 1 aliphatic heterocycles. The second-order valence-corrected chi connectivity index (χ2v) is 5.65. The first-order chi connectivity index (χ1) is 9.12. The fraction of sp³-hybridized carbons (Fsp3) is 0.429. The van der Waals surface area contributed by atoms with E-state index in [1.165, 1.54) is 0 Å².